The van der Waals surface area contributed by atoms with Crippen LogP contribution in [0.1, 0.15) is 58.2 Å². The fraction of sp³-hybridized carbons (Fsp3) is 0.387. The SMILES string of the molecule is CC(C)([CH2][Sn]([CH2]C(C)(C)c1ccccc1)([CH2]C(C)(C)c1ccccc1)[N]=C=S)c1ccccc1. The Labute approximate surface area is 217 Å². The molecule has 3 rings (SSSR count). The third-order valence-electron chi connectivity index (χ3n) is 7.26. The summed E-state index contributed by atoms with van der Waals surface area (Å²) in [5, 5.41) is 2.93. The predicted molar refractivity (Wildman–Crippen MR) is 154 cm³/mol. The molecule has 0 radical (unpaired) electrons. The monoisotopic (exact) mass is 577 g/mol. The molecule has 0 saturated carbocycles. The average Bonchev–Trinajstić information content (AvgIpc) is 2.80. The molecule has 3 aromatic carbocycles. The third-order valence-corrected chi connectivity index (χ3v) is 22.7. The minimum absolute atomic E-state index is 0.0204. The standard InChI is InChI=1S/3C10H13.CNS.Sn/c3*1-10(2,3)9-7-5-4-6-8-9;2-1-3;/h3*4-8H,1H2,2-3H3;;/q;;;-1;+1. The van der Waals surface area contributed by atoms with Gasteiger partial charge >= 0.3 is 218 Å². The molecule has 178 valence electrons. The van der Waals surface area contributed by atoms with Crippen LogP contribution in [-0.2, 0) is 16.2 Å². The van der Waals surface area contributed by atoms with Crippen LogP contribution in [0.2, 0.25) is 13.3 Å². The van der Waals surface area contributed by atoms with Crippen molar-refractivity contribution >= 4 is 36.0 Å². The first-order valence-corrected chi connectivity index (χ1v) is 20.0. The second kappa shape index (κ2) is 10.9. The van der Waals surface area contributed by atoms with E-state index in [0.717, 1.165) is 13.3 Å². The Balaban J connectivity index is 2.10. The molecular formula is C31H39NSSn. The summed E-state index contributed by atoms with van der Waals surface area (Å²) in [4.78, 5) is 0. The van der Waals surface area contributed by atoms with Crippen LogP contribution in [0.4, 0.5) is 0 Å². The average molecular weight is 576 g/mol. The van der Waals surface area contributed by atoms with Crippen molar-refractivity contribution in [1.82, 2.24) is 0 Å². The number of hydrogen-bond acceptors (Lipinski definition) is 2. The summed E-state index contributed by atoms with van der Waals surface area (Å²) in [7, 11) is 0. The molecule has 0 bridgehead atoms. The predicted octanol–water partition coefficient (Wildman–Crippen LogP) is 8.97. The molecule has 0 amide bonds. The van der Waals surface area contributed by atoms with Gasteiger partial charge in [-0.2, -0.15) is 0 Å². The van der Waals surface area contributed by atoms with Gasteiger partial charge in [0, 0.05) is 0 Å². The van der Waals surface area contributed by atoms with Gasteiger partial charge in [-0.05, 0) is 0 Å². The van der Waals surface area contributed by atoms with Crippen LogP contribution in [0.25, 0.3) is 0 Å². The maximum absolute atomic E-state index is 5.35. The van der Waals surface area contributed by atoms with Gasteiger partial charge < -0.3 is 0 Å². The van der Waals surface area contributed by atoms with Crippen molar-refractivity contribution in [2.24, 2.45) is 3.21 Å². The zero-order valence-electron chi connectivity index (χ0n) is 21.6. The summed E-state index contributed by atoms with van der Waals surface area (Å²) in [6.45, 7) is 14.3. The molecule has 0 saturated heterocycles. The molecule has 0 aromatic heterocycles. The Morgan fingerprint density at radius 2 is 0.824 bits per heavy atom. The summed E-state index contributed by atoms with van der Waals surface area (Å²) in [6.07, 6.45) is 0. The molecule has 0 aliphatic rings. The van der Waals surface area contributed by atoms with Crippen LogP contribution < -0.4 is 0 Å². The van der Waals surface area contributed by atoms with E-state index in [0.29, 0.717) is 0 Å². The molecule has 34 heavy (non-hydrogen) atoms. The van der Waals surface area contributed by atoms with Gasteiger partial charge in [0.1, 0.15) is 0 Å². The van der Waals surface area contributed by atoms with Crippen molar-refractivity contribution in [3.63, 3.8) is 0 Å². The molecule has 0 spiro atoms. The Morgan fingerprint density at radius 3 is 1.06 bits per heavy atom. The van der Waals surface area contributed by atoms with E-state index < -0.39 is 18.7 Å². The van der Waals surface area contributed by atoms with Gasteiger partial charge in [-0.1, -0.05) is 0 Å². The van der Waals surface area contributed by atoms with Gasteiger partial charge in [-0.25, -0.2) is 0 Å². The van der Waals surface area contributed by atoms with Gasteiger partial charge in [-0.3, -0.25) is 0 Å². The van der Waals surface area contributed by atoms with Gasteiger partial charge in [-0.15, -0.1) is 0 Å². The quantitative estimate of drug-likeness (QED) is 0.133. The normalized spacial score (nSPS) is 12.8. The second-order valence-electron chi connectivity index (χ2n) is 11.7. The molecule has 3 aromatic rings. The van der Waals surface area contributed by atoms with E-state index in [-0.39, 0.29) is 16.2 Å². The Kier molecular flexibility index (Phi) is 8.60. The molecule has 3 heteroatoms. The van der Waals surface area contributed by atoms with Crippen molar-refractivity contribution in [1.29, 1.82) is 0 Å². The second-order valence-corrected chi connectivity index (χ2v) is 22.5. The number of rotatable bonds is 10. The fourth-order valence-electron chi connectivity index (χ4n) is 5.85. The van der Waals surface area contributed by atoms with Crippen molar-refractivity contribution in [3.05, 3.63) is 108 Å². The molecule has 0 N–H and O–H groups in total. The number of thiocarbonyl (C=S) groups is 1. The fourth-order valence-corrected chi connectivity index (χ4v) is 25.3. The molecule has 0 fully saturated rings. The summed E-state index contributed by atoms with van der Waals surface area (Å²) in [5.74, 6) is 0. The molecule has 0 heterocycles. The van der Waals surface area contributed by atoms with E-state index in [2.05, 4.69) is 138 Å². The van der Waals surface area contributed by atoms with Crippen LogP contribution >= 0.6 is 12.2 Å². The number of isothiocyanates is 1. The first-order chi connectivity index (χ1) is 16.0. The van der Waals surface area contributed by atoms with Crippen LogP contribution in [0.3, 0.4) is 0 Å². The van der Waals surface area contributed by atoms with Crippen LogP contribution in [0, 0.1) is 0 Å². The zero-order chi connectivity index (χ0) is 24.9. The molecule has 0 aliphatic carbocycles. The van der Waals surface area contributed by atoms with Crippen LogP contribution in [-0.4, -0.2) is 23.8 Å². The van der Waals surface area contributed by atoms with Gasteiger partial charge in [0.2, 0.25) is 0 Å². The topological polar surface area (TPSA) is 12.4 Å². The van der Waals surface area contributed by atoms with Crippen LogP contribution in [0.5, 0.6) is 0 Å². The summed E-state index contributed by atoms with van der Waals surface area (Å²) in [5.41, 5.74) is 4.20. The number of benzene rings is 3. The van der Waals surface area contributed by atoms with E-state index in [9.17, 15) is 0 Å². The molecule has 0 aliphatic heterocycles. The van der Waals surface area contributed by atoms with Crippen molar-refractivity contribution in [3.8, 4) is 0 Å². The van der Waals surface area contributed by atoms with Crippen molar-refractivity contribution in [2.45, 2.75) is 71.1 Å². The molecule has 0 unspecified atom stereocenters. The van der Waals surface area contributed by atoms with E-state index >= 15 is 0 Å². The van der Waals surface area contributed by atoms with E-state index in [1.54, 1.807) is 0 Å². The van der Waals surface area contributed by atoms with Crippen LogP contribution in [0.15, 0.2) is 94.2 Å². The van der Waals surface area contributed by atoms with Crippen molar-refractivity contribution < 1.29 is 0 Å². The molecule has 1 nitrogen and oxygen atoms in total. The van der Waals surface area contributed by atoms with E-state index in [1.807, 2.05) is 0 Å². The minimum atomic E-state index is -3.35. The van der Waals surface area contributed by atoms with E-state index in [1.165, 1.54) is 16.7 Å². The Hall–Kier alpha value is -1.74. The third kappa shape index (κ3) is 6.68. The maximum atomic E-state index is 5.35. The molecule has 0 atom stereocenters. The first kappa shape index (κ1) is 26.9. The summed E-state index contributed by atoms with van der Waals surface area (Å²) < 4.78 is 8.56. The van der Waals surface area contributed by atoms with Gasteiger partial charge in [0.05, 0.1) is 0 Å². The molecular weight excluding hydrogens is 537 g/mol. The van der Waals surface area contributed by atoms with Gasteiger partial charge in [0.15, 0.2) is 0 Å². The summed E-state index contributed by atoms with van der Waals surface area (Å²) >= 11 is 2.01. The van der Waals surface area contributed by atoms with Gasteiger partial charge in [0.25, 0.3) is 0 Å². The van der Waals surface area contributed by atoms with E-state index in [4.69, 9.17) is 15.4 Å². The first-order valence-electron chi connectivity index (χ1n) is 12.3. The van der Waals surface area contributed by atoms with Crippen molar-refractivity contribution in [2.75, 3.05) is 0 Å². The Bertz CT molecular complexity index is 968. The Morgan fingerprint density at radius 1 is 0.559 bits per heavy atom. The summed E-state index contributed by atoms with van der Waals surface area (Å²) in [6, 6.07) is 32.8. The number of nitrogens with zero attached hydrogens (tertiary/aromatic N) is 1. The zero-order valence-corrected chi connectivity index (χ0v) is 25.3. The number of hydrogen-bond donors (Lipinski definition) is 0.